The molecular formula is C22H27N3O3S2. The molecule has 0 radical (unpaired) electrons. The van der Waals surface area contributed by atoms with Crippen LogP contribution < -0.4 is 10.3 Å². The van der Waals surface area contributed by atoms with Crippen molar-refractivity contribution in [1.29, 1.82) is 0 Å². The van der Waals surface area contributed by atoms with Gasteiger partial charge in [0.05, 0.1) is 24.9 Å². The summed E-state index contributed by atoms with van der Waals surface area (Å²) in [6.45, 7) is 6.04. The van der Waals surface area contributed by atoms with Gasteiger partial charge in [-0.3, -0.25) is 14.2 Å². The molecule has 1 amide bonds. The average Bonchev–Trinajstić information content (AvgIpc) is 3.23. The molecule has 3 rings (SSSR count). The summed E-state index contributed by atoms with van der Waals surface area (Å²) in [4.78, 5) is 32.4. The van der Waals surface area contributed by atoms with Gasteiger partial charge < -0.3 is 9.64 Å². The number of nitrogens with zero attached hydrogens (tertiary/aromatic N) is 3. The smallest absolute Gasteiger partial charge is 0.272 e. The lowest BCUT2D eigenvalue weighted by atomic mass is 10.2. The highest BCUT2D eigenvalue weighted by Gasteiger charge is 2.17. The first kappa shape index (κ1) is 22.4. The zero-order chi connectivity index (χ0) is 21.5. The normalized spacial score (nSPS) is 11.0. The number of methoxy groups -OCH3 is 1. The van der Waals surface area contributed by atoms with E-state index in [1.165, 1.54) is 23.1 Å². The number of benzene rings is 1. The van der Waals surface area contributed by atoms with Crippen LogP contribution in [0.1, 0.15) is 32.3 Å². The summed E-state index contributed by atoms with van der Waals surface area (Å²) in [6.07, 6.45) is 1.86. The van der Waals surface area contributed by atoms with Gasteiger partial charge in [0.15, 0.2) is 5.16 Å². The number of aromatic nitrogens is 2. The second-order valence-electron chi connectivity index (χ2n) is 6.94. The van der Waals surface area contributed by atoms with Crippen LogP contribution in [0.15, 0.2) is 45.7 Å². The van der Waals surface area contributed by atoms with Crippen molar-refractivity contribution < 1.29 is 9.53 Å². The third-order valence-corrected chi connectivity index (χ3v) is 6.55. The van der Waals surface area contributed by atoms with E-state index in [4.69, 9.17) is 9.72 Å². The molecule has 0 bridgehead atoms. The number of ether oxygens (including phenoxy) is 1. The maximum absolute atomic E-state index is 13.1. The van der Waals surface area contributed by atoms with Gasteiger partial charge in [-0.05, 0) is 42.0 Å². The van der Waals surface area contributed by atoms with E-state index in [9.17, 15) is 9.59 Å². The van der Waals surface area contributed by atoms with Gasteiger partial charge in [-0.2, -0.15) is 0 Å². The molecule has 1 aromatic carbocycles. The topological polar surface area (TPSA) is 64.4 Å². The van der Waals surface area contributed by atoms with Crippen molar-refractivity contribution in [3.05, 3.63) is 51.6 Å². The van der Waals surface area contributed by atoms with E-state index in [-0.39, 0.29) is 17.2 Å². The lowest BCUT2D eigenvalue weighted by Gasteiger charge is -2.21. The first-order chi connectivity index (χ1) is 14.6. The number of thioether (sulfide) groups is 1. The van der Waals surface area contributed by atoms with Crippen molar-refractivity contribution in [2.75, 3.05) is 26.0 Å². The molecule has 0 atom stereocenters. The number of carbonyl (C=O) groups excluding carboxylic acids is 1. The van der Waals surface area contributed by atoms with Crippen LogP contribution >= 0.6 is 23.1 Å². The Labute approximate surface area is 184 Å². The second-order valence-corrected chi connectivity index (χ2v) is 8.80. The molecule has 6 nitrogen and oxygen atoms in total. The Morgan fingerprint density at radius 2 is 1.87 bits per heavy atom. The van der Waals surface area contributed by atoms with Gasteiger partial charge in [0.2, 0.25) is 5.91 Å². The molecule has 0 aliphatic rings. The van der Waals surface area contributed by atoms with Crippen LogP contribution in [0.5, 0.6) is 5.75 Å². The Hall–Kier alpha value is -2.32. The first-order valence-electron chi connectivity index (χ1n) is 10.1. The van der Waals surface area contributed by atoms with Crippen molar-refractivity contribution in [3.8, 4) is 5.75 Å². The third kappa shape index (κ3) is 5.23. The van der Waals surface area contributed by atoms with Crippen LogP contribution in [0.2, 0.25) is 0 Å². The van der Waals surface area contributed by atoms with Crippen LogP contribution in [-0.4, -0.2) is 46.3 Å². The molecule has 0 aliphatic heterocycles. The molecule has 0 fully saturated rings. The minimum atomic E-state index is -0.0697. The third-order valence-electron chi connectivity index (χ3n) is 4.70. The number of rotatable bonds is 10. The quantitative estimate of drug-likeness (QED) is 0.345. The molecule has 0 saturated heterocycles. The van der Waals surface area contributed by atoms with Gasteiger partial charge in [0, 0.05) is 13.1 Å². The van der Waals surface area contributed by atoms with Gasteiger partial charge in [0.1, 0.15) is 10.4 Å². The minimum Gasteiger partial charge on any atom is -0.497 e. The fourth-order valence-corrected chi connectivity index (χ4v) is 4.88. The number of thiophene rings is 1. The van der Waals surface area contributed by atoms with Gasteiger partial charge in [-0.15, -0.1) is 11.3 Å². The number of hydrogen-bond acceptors (Lipinski definition) is 6. The Balaban J connectivity index is 1.87. The van der Waals surface area contributed by atoms with E-state index >= 15 is 0 Å². The molecule has 0 N–H and O–H groups in total. The summed E-state index contributed by atoms with van der Waals surface area (Å²) in [7, 11) is 1.63. The summed E-state index contributed by atoms with van der Waals surface area (Å²) in [5.74, 6) is 1.12. The Kier molecular flexibility index (Phi) is 7.93. The summed E-state index contributed by atoms with van der Waals surface area (Å²) in [5.41, 5.74) is 1.59. The van der Waals surface area contributed by atoms with Crippen molar-refractivity contribution in [3.63, 3.8) is 0 Å². The van der Waals surface area contributed by atoms with Crippen LogP contribution in [0, 0.1) is 0 Å². The number of fused-ring (bicyclic) bond motifs is 1. The number of hydrogen-bond donors (Lipinski definition) is 0. The standard InChI is InChI=1S/C22H27N3O3S2/c1-4-11-24(12-5-2)19(26)15-30-22-23-18-10-13-29-20(18)21(27)25(22)14-16-6-8-17(28-3)9-7-16/h6-10,13H,4-5,11-12,14-15H2,1-3H3. The lowest BCUT2D eigenvalue weighted by Crippen LogP contribution is -2.34. The summed E-state index contributed by atoms with van der Waals surface area (Å²) >= 11 is 2.73. The molecule has 0 spiro atoms. The highest BCUT2D eigenvalue weighted by molar-refractivity contribution is 7.99. The molecule has 2 heterocycles. The van der Waals surface area contributed by atoms with Gasteiger partial charge in [0.25, 0.3) is 5.56 Å². The second kappa shape index (κ2) is 10.6. The molecule has 160 valence electrons. The van der Waals surface area contributed by atoms with E-state index in [0.717, 1.165) is 37.2 Å². The highest BCUT2D eigenvalue weighted by atomic mass is 32.2. The van der Waals surface area contributed by atoms with E-state index in [1.807, 2.05) is 40.6 Å². The maximum Gasteiger partial charge on any atom is 0.272 e. The molecule has 0 unspecified atom stereocenters. The molecule has 30 heavy (non-hydrogen) atoms. The van der Waals surface area contributed by atoms with Crippen molar-refractivity contribution in [2.45, 2.75) is 38.4 Å². The van der Waals surface area contributed by atoms with Crippen LogP contribution in [0.25, 0.3) is 10.2 Å². The number of amides is 1. The van der Waals surface area contributed by atoms with Crippen LogP contribution in [0.4, 0.5) is 0 Å². The van der Waals surface area contributed by atoms with Gasteiger partial charge in [-0.25, -0.2) is 4.98 Å². The highest BCUT2D eigenvalue weighted by Crippen LogP contribution is 2.22. The molecular weight excluding hydrogens is 418 g/mol. The van der Waals surface area contributed by atoms with Crippen LogP contribution in [0.3, 0.4) is 0 Å². The van der Waals surface area contributed by atoms with Gasteiger partial charge in [-0.1, -0.05) is 37.7 Å². The largest absolute Gasteiger partial charge is 0.497 e. The minimum absolute atomic E-state index is 0.0697. The lowest BCUT2D eigenvalue weighted by molar-refractivity contribution is -0.128. The fraction of sp³-hybridized carbons (Fsp3) is 0.409. The summed E-state index contributed by atoms with van der Waals surface area (Å²) in [5, 5.41) is 2.45. The SMILES string of the molecule is CCCN(CCC)C(=O)CSc1nc2ccsc2c(=O)n1Cc1ccc(OC)cc1. The van der Waals surface area contributed by atoms with Crippen LogP contribution in [-0.2, 0) is 11.3 Å². The van der Waals surface area contributed by atoms with E-state index in [0.29, 0.717) is 21.9 Å². The van der Waals surface area contributed by atoms with Crippen molar-refractivity contribution in [1.82, 2.24) is 14.5 Å². The molecule has 8 heteroatoms. The average molecular weight is 446 g/mol. The van der Waals surface area contributed by atoms with Gasteiger partial charge >= 0.3 is 0 Å². The summed E-state index contributed by atoms with van der Waals surface area (Å²) < 4.78 is 7.52. The van der Waals surface area contributed by atoms with Crippen molar-refractivity contribution in [2.24, 2.45) is 0 Å². The molecule has 2 aromatic heterocycles. The zero-order valence-electron chi connectivity index (χ0n) is 17.6. The predicted molar refractivity (Wildman–Crippen MR) is 124 cm³/mol. The van der Waals surface area contributed by atoms with Crippen molar-refractivity contribution >= 4 is 39.2 Å². The van der Waals surface area contributed by atoms with E-state index in [2.05, 4.69) is 13.8 Å². The Morgan fingerprint density at radius 1 is 1.17 bits per heavy atom. The van der Waals surface area contributed by atoms with E-state index in [1.54, 1.807) is 11.7 Å². The number of carbonyl (C=O) groups is 1. The Morgan fingerprint density at radius 3 is 2.50 bits per heavy atom. The van der Waals surface area contributed by atoms with E-state index < -0.39 is 0 Å². The first-order valence-corrected chi connectivity index (χ1v) is 11.9. The molecule has 0 saturated carbocycles. The maximum atomic E-state index is 13.1. The predicted octanol–water partition coefficient (Wildman–Crippen LogP) is 4.26. The zero-order valence-corrected chi connectivity index (χ0v) is 19.2. The molecule has 0 aliphatic carbocycles. The Bertz CT molecular complexity index is 1040. The molecule has 3 aromatic rings. The monoisotopic (exact) mass is 445 g/mol. The summed E-state index contributed by atoms with van der Waals surface area (Å²) in [6, 6.07) is 9.48. The fourth-order valence-electron chi connectivity index (χ4n) is 3.21.